The Balaban J connectivity index is 1.65. The lowest BCUT2D eigenvalue weighted by molar-refractivity contribution is 0.560. The SMILES string of the molecule is C/C=C/Cc1cn(C(C)C)c(=O)n1Cc1ccc(-c2ccccc2-c2nnn[nH]2)cc1. The van der Waals surface area contributed by atoms with Gasteiger partial charge in [-0.1, -0.05) is 60.7 Å². The highest BCUT2D eigenvalue weighted by Crippen LogP contribution is 2.29. The van der Waals surface area contributed by atoms with Crippen molar-refractivity contribution in [3.05, 3.63) is 88.6 Å². The first-order chi connectivity index (χ1) is 15.1. The molecule has 0 saturated carbocycles. The van der Waals surface area contributed by atoms with E-state index in [1.54, 1.807) is 4.57 Å². The quantitative estimate of drug-likeness (QED) is 0.459. The number of nitrogens with zero attached hydrogens (tertiary/aromatic N) is 5. The summed E-state index contributed by atoms with van der Waals surface area (Å²) < 4.78 is 3.66. The van der Waals surface area contributed by atoms with Gasteiger partial charge in [-0.25, -0.2) is 9.89 Å². The second kappa shape index (κ2) is 8.95. The highest BCUT2D eigenvalue weighted by molar-refractivity contribution is 5.80. The van der Waals surface area contributed by atoms with Crippen LogP contribution in [0.3, 0.4) is 0 Å². The molecule has 7 heteroatoms. The largest absolute Gasteiger partial charge is 0.328 e. The minimum Gasteiger partial charge on any atom is -0.296 e. The number of H-pyrrole nitrogens is 1. The summed E-state index contributed by atoms with van der Waals surface area (Å²) in [7, 11) is 0. The van der Waals surface area contributed by atoms with Gasteiger partial charge in [-0.2, -0.15) is 0 Å². The van der Waals surface area contributed by atoms with E-state index >= 15 is 0 Å². The molecule has 0 bridgehead atoms. The van der Waals surface area contributed by atoms with Gasteiger partial charge in [0.25, 0.3) is 0 Å². The molecule has 0 fully saturated rings. The highest BCUT2D eigenvalue weighted by atomic mass is 16.1. The zero-order valence-corrected chi connectivity index (χ0v) is 18.0. The minimum atomic E-state index is 0.0294. The van der Waals surface area contributed by atoms with Crippen LogP contribution in [0, 0.1) is 0 Å². The first-order valence-electron chi connectivity index (χ1n) is 10.4. The molecule has 31 heavy (non-hydrogen) atoms. The third-order valence-electron chi connectivity index (χ3n) is 5.34. The zero-order valence-electron chi connectivity index (χ0n) is 18.0. The van der Waals surface area contributed by atoms with Gasteiger partial charge in [0, 0.05) is 29.9 Å². The minimum absolute atomic E-state index is 0.0294. The summed E-state index contributed by atoms with van der Waals surface area (Å²) in [5, 5.41) is 14.2. The Morgan fingerprint density at radius 1 is 1.06 bits per heavy atom. The molecule has 1 N–H and O–H groups in total. The molecule has 0 atom stereocenters. The molecule has 0 aliphatic rings. The van der Waals surface area contributed by atoms with Crippen LogP contribution in [0.4, 0.5) is 0 Å². The van der Waals surface area contributed by atoms with Crippen molar-refractivity contribution in [2.24, 2.45) is 0 Å². The van der Waals surface area contributed by atoms with Gasteiger partial charge in [-0.3, -0.25) is 9.13 Å². The van der Waals surface area contributed by atoms with Crippen LogP contribution in [-0.4, -0.2) is 29.8 Å². The molecular weight excluding hydrogens is 388 g/mol. The summed E-state index contributed by atoms with van der Waals surface area (Å²) in [6.07, 6.45) is 6.80. The predicted molar refractivity (Wildman–Crippen MR) is 122 cm³/mol. The van der Waals surface area contributed by atoms with Crippen molar-refractivity contribution in [3.63, 3.8) is 0 Å². The number of imidazole rings is 1. The molecular formula is C24H26N6O. The summed E-state index contributed by atoms with van der Waals surface area (Å²) >= 11 is 0. The second-order valence-electron chi connectivity index (χ2n) is 7.76. The van der Waals surface area contributed by atoms with Gasteiger partial charge in [0.05, 0.1) is 6.54 Å². The van der Waals surface area contributed by atoms with Crippen LogP contribution in [0.1, 0.15) is 38.1 Å². The Hall–Kier alpha value is -3.74. The van der Waals surface area contributed by atoms with Crippen molar-refractivity contribution in [2.75, 3.05) is 0 Å². The van der Waals surface area contributed by atoms with E-state index in [0.29, 0.717) is 12.4 Å². The number of hydrogen-bond donors (Lipinski definition) is 1. The van der Waals surface area contributed by atoms with Crippen LogP contribution in [0.5, 0.6) is 0 Å². The number of allylic oxidation sites excluding steroid dienone is 2. The van der Waals surface area contributed by atoms with Crippen molar-refractivity contribution in [2.45, 2.75) is 39.8 Å². The van der Waals surface area contributed by atoms with Gasteiger partial charge in [0.2, 0.25) is 0 Å². The Morgan fingerprint density at radius 2 is 1.81 bits per heavy atom. The van der Waals surface area contributed by atoms with Crippen LogP contribution < -0.4 is 5.69 Å². The lowest BCUT2D eigenvalue weighted by Gasteiger charge is -2.10. The Labute approximate surface area is 181 Å². The van der Waals surface area contributed by atoms with E-state index in [2.05, 4.69) is 57.0 Å². The number of nitrogens with one attached hydrogen (secondary N) is 1. The molecule has 0 radical (unpaired) electrons. The summed E-state index contributed by atoms with van der Waals surface area (Å²) in [6, 6.07) is 16.4. The first-order valence-corrected chi connectivity index (χ1v) is 10.4. The maximum atomic E-state index is 12.9. The normalized spacial score (nSPS) is 11.6. The lowest BCUT2D eigenvalue weighted by atomic mass is 9.98. The van der Waals surface area contributed by atoms with Crippen molar-refractivity contribution < 1.29 is 0 Å². The van der Waals surface area contributed by atoms with E-state index in [0.717, 1.165) is 34.4 Å². The molecule has 4 aromatic rings. The standard InChI is InChI=1S/C24H26N6O/c1-4-5-8-20-16-29(17(2)3)24(31)30(20)15-18-11-13-19(14-12-18)21-9-6-7-10-22(21)23-25-27-28-26-23/h4-7,9-14,16-17H,8,15H2,1-3H3,(H,25,26,27,28)/b5-4+. The molecule has 0 unspecified atom stereocenters. The van der Waals surface area contributed by atoms with E-state index in [4.69, 9.17) is 0 Å². The molecule has 2 aromatic carbocycles. The van der Waals surface area contributed by atoms with Gasteiger partial charge < -0.3 is 0 Å². The van der Waals surface area contributed by atoms with Gasteiger partial charge in [-0.05, 0) is 47.9 Å². The molecule has 0 aliphatic heterocycles. The maximum absolute atomic E-state index is 12.9. The Bertz CT molecular complexity index is 1230. The number of aromatic nitrogens is 6. The summed E-state index contributed by atoms with van der Waals surface area (Å²) in [5.41, 5.74) is 5.18. The van der Waals surface area contributed by atoms with Crippen molar-refractivity contribution in [1.82, 2.24) is 29.8 Å². The van der Waals surface area contributed by atoms with Gasteiger partial charge in [0.1, 0.15) is 0 Å². The topological polar surface area (TPSA) is 81.4 Å². The van der Waals surface area contributed by atoms with Crippen molar-refractivity contribution in [3.8, 4) is 22.5 Å². The molecule has 0 amide bonds. The molecule has 2 heterocycles. The summed E-state index contributed by atoms with van der Waals surface area (Å²) in [4.78, 5) is 12.9. The number of benzene rings is 2. The monoisotopic (exact) mass is 414 g/mol. The maximum Gasteiger partial charge on any atom is 0.328 e. The van der Waals surface area contributed by atoms with Crippen molar-refractivity contribution >= 4 is 0 Å². The molecule has 7 nitrogen and oxygen atoms in total. The van der Waals surface area contributed by atoms with Crippen LogP contribution in [0.25, 0.3) is 22.5 Å². The number of rotatable bonds is 7. The van der Waals surface area contributed by atoms with E-state index in [1.807, 2.05) is 55.8 Å². The third-order valence-corrected chi connectivity index (χ3v) is 5.34. The summed E-state index contributed by atoms with van der Waals surface area (Å²) in [5.74, 6) is 0.634. The van der Waals surface area contributed by atoms with Crippen LogP contribution >= 0.6 is 0 Å². The molecule has 0 spiro atoms. The van der Waals surface area contributed by atoms with E-state index < -0.39 is 0 Å². The number of aromatic amines is 1. The van der Waals surface area contributed by atoms with Gasteiger partial charge in [-0.15, -0.1) is 5.10 Å². The predicted octanol–water partition coefficient (Wildman–Crippen LogP) is 4.24. The molecule has 0 aliphatic carbocycles. The van der Waals surface area contributed by atoms with Crippen LogP contribution in [-0.2, 0) is 13.0 Å². The Morgan fingerprint density at radius 3 is 2.45 bits per heavy atom. The zero-order chi connectivity index (χ0) is 21.8. The molecule has 2 aromatic heterocycles. The van der Waals surface area contributed by atoms with Crippen LogP contribution in [0.15, 0.2) is 71.7 Å². The first kappa shape index (κ1) is 20.5. The molecule has 0 saturated heterocycles. The fraction of sp³-hybridized carbons (Fsp3) is 0.250. The fourth-order valence-corrected chi connectivity index (χ4v) is 3.68. The lowest BCUT2D eigenvalue weighted by Crippen LogP contribution is -2.26. The van der Waals surface area contributed by atoms with Gasteiger partial charge in [0.15, 0.2) is 5.82 Å². The third kappa shape index (κ3) is 4.26. The number of hydrogen-bond acceptors (Lipinski definition) is 4. The van der Waals surface area contributed by atoms with Gasteiger partial charge >= 0.3 is 5.69 Å². The van der Waals surface area contributed by atoms with E-state index in [-0.39, 0.29) is 11.7 Å². The number of tetrazole rings is 1. The Kier molecular flexibility index (Phi) is 5.93. The summed E-state index contributed by atoms with van der Waals surface area (Å²) in [6.45, 7) is 6.59. The fourth-order valence-electron chi connectivity index (χ4n) is 3.68. The van der Waals surface area contributed by atoms with E-state index in [9.17, 15) is 4.79 Å². The molecule has 158 valence electrons. The second-order valence-corrected chi connectivity index (χ2v) is 7.76. The average molecular weight is 415 g/mol. The smallest absolute Gasteiger partial charge is 0.296 e. The van der Waals surface area contributed by atoms with Crippen molar-refractivity contribution in [1.29, 1.82) is 0 Å². The molecule has 4 rings (SSSR count). The van der Waals surface area contributed by atoms with Crippen LogP contribution in [0.2, 0.25) is 0 Å². The van der Waals surface area contributed by atoms with E-state index in [1.165, 1.54) is 0 Å². The average Bonchev–Trinajstić information content (AvgIpc) is 3.42. The highest BCUT2D eigenvalue weighted by Gasteiger charge is 2.14.